The lowest BCUT2D eigenvalue weighted by molar-refractivity contribution is -0.121. The fourth-order valence-electron chi connectivity index (χ4n) is 2.94. The molecular weight excluding hydrogens is 382 g/mol. The molecule has 1 heterocycles. The van der Waals surface area contributed by atoms with Gasteiger partial charge in [0.25, 0.3) is 5.56 Å². The molecule has 29 heavy (non-hydrogen) atoms. The number of carbonyl (C=O) groups is 1. The molecule has 3 rings (SSSR count). The van der Waals surface area contributed by atoms with E-state index in [-0.39, 0.29) is 22.3 Å². The topological polar surface area (TPSA) is 64.0 Å². The maximum Gasteiger partial charge on any atom is 0.262 e. The number of carbonyl (C=O) groups excluding carboxylic acids is 1. The molecule has 1 aromatic heterocycles. The van der Waals surface area contributed by atoms with Crippen LogP contribution >= 0.6 is 11.8 Å². The molecule has 0 saturated carbocycles. The van der Waals surface area contributed by atoms with Crippen LogP contribution in [0.25, 0.3) is 10.9 Å². The van der Waals surface area contributed by atoms with Gasteiger partial charge in [0, 0.05) is 5.54 Å². The molecule has 1 N–H and O–H groups in total. The molecule has 1 atom stereocenters. The van der Waals surface area contributed by atoms with E-state index < -0.39 is 0 Å². The summed E-state index contributed by atoms with van der Waals surface area (Å²) in [6, 6.07) is 15.4. The molecule has 152 valence electrons. The summed E-state index contributed by atoms with van der Waals surface area (Å²) >= 11 is 1.31. The highest BCUT2D eigenvalue weighted by atomic mass is 32.2. The summed E-state index contributed by atoms with van der Waals surface area (Å²) in [6.45, 7) is 10.1. The van der Waals surface area contributed by atoms with E-state index in [9.17, 15) is 9.59 Å². The molecule has 6 heteroatoms. The summed E-state index contributed by atoms with van der Waals surface area (Å²) < 4.78 is 1.67. The number of fused-ring (bicyclic) bond motifs is 1. The average Bonchev–Trinajstić information content (AvgIpc) is 2.65. The summed E-state index contributed by atoms with van der Waals surface area (Å²) in [6.07, 6.45) is 0. The SMILES string of the molecule is Cc1ccc(Cn2c(S[C@@H](C)C(=O)NC(C)(C)C)nc3ccccc3c2=O)cc1. The zero-order valence-corrected chi connectivity index (χ0v) is 18.3. The van der Waals surface area contributed by atoms with Crippen molar-refractivity contribution in [2.24, 2.45) is 0 Å². The number of rotatable bonds is 5. The Morgan fingerprint density at radius 2 is 1.79 bits per heavy atom. The van der Waals surface area contributed by atoms with Crippen molar-refractivity contribution in [1.29, 1.82) is 0 Å². The number of hydrogen-bond acceptors (Lipinski definition) is 4. The number of nitrogens with one attached hydrogen (secondary N) is 1. The Labute approximate surface area is 175 Å². The Morgan fingerprint density at radius 3 is 2.45 bits per heavy atom. The molecule has 3 aromatic rings. The van der Waals surface area contributed by atoms with Crippen molar-refractivity contribution in [2.75, 3.05) is 0 Å². The van der Waals surface area contributed by atoms with Gasteiger partial charge in [-0.05, 0) is 52.3 Å². The van der Waals surface area contributed by atoms with Gasteiger partial charge < -0.3 is 5.32 Å². The highest BCUT2D eigenvalue weighted by Crippen LogP contribution is 2.24. The minimum Gasteiger partial charge on any atom is -0.351 e. The van der Waals surface area contributed by atoms with Crippen LogP contribution in [0.4, 0.5) is 0 Å². The van der Waals surface area contributed by atoms with Gasteiger partial charge >= 0.3 is 0 Å². The van der Waals surface area contributed by atoms with E-state index in [0.29, 0.717) is 22.6 Å². The van der Waals surface area contributed by atoms with Crippen LogP contribution in [0.2, 0.25) is 0 Å². The molecule has 2 aromatic carbocycles. The van der Waals surface area contributed by atoms with Gasteiger partial charge in [-0.15, -0.1) is 0 Å². The van der Waals surface area contributed by atoms with Crippen LogP contribution in [0.5, 0.6) is 0 Å². The molecule has 0 saturated heterocycles. The van der Waals surface area contributed by atoms with Crippen molar-refractivity contribution in [3.05, 3.63) is 70.0 Å². The quantitative estimate of drug-likeness (QED) is 0.508. The third-order valence-corrected chi connectivity index (χ3v) is 5.53. The Bertz CT molecular complexity index is 1080. The van der Waals surface area contributed by atoms with Crippen LogP contribution in [0.15, 0.2) is 58.5 Å². The van der Waals surface area contributed by atoms with Gasteiger partial charge in [-0.1, -0.05) is 53.7 Å². The largest absolute Gasteiger partial charge is 0.351 e. The van der Waals surface area contributed by atoms with Gasteiger partial charge in [0.05, 0.1) is 22.7 Å². The molecule has 0 radical (unpaired) electrons. The minimum absolute atomic E-state index is 0.0770. The van der Waals surface area contributed by atoms with E-state index in [2.05, 4.69) is 5.32 Å². The third-order valence-electron chi connectivity index (χ3n) is 4.44. The summed E-state index contributed by atoms with van der Waals surface area (Å²) in [5.41, 5.74) is 2.42. The Morgan fingerprint density at radius 1 is 1.14 bits per heavy atom. The second-order valence-corrected chi connectivity index (χ2v) is 9.60. The normalized spacial score (nSPS) is 12.7. The highest BCUT2D eigenvalue weighted by molar-refractivity contribution is 8.00. The number of amides is 1. The van der Waals surface area contributed by atoms with Crippen LogP contribution in [0, 0.1) is 6.92 Å². The predicted octanol–water partition coefficient (Wildman–Crippen LogP) is 4.15. The third kappa shape index (κ3) is 5.26. The number of benzene rings is 2. The predicted molar refractivity (Wildman–Crippen MR) is 119 cm³/mol. The van der Waals surface area contributed by atoms with E-state index in [4.69, 9.17) is 4.98 Å². The average molecular weight is 410 g/mol. The molecule has 0 bridgehead atoms. The van der Waals surface area contributed by atoms with Crippen molar-refractivity contribution in [3.63, 3.8) is 0 Å². The smallest absolute Gasteiger partial charge is 0.262 e. The summed E-state index contributed by atoms with van der Waals surface area (Å²) in [4.78, 5) is 30.5. The first kappa shape index (κ1) is 21.1. The van der Waals surface area contributed by atoms with Gasteiger partial charge in [-0.2, -0.15) is 0 Å². The molecule has 0 aliphatic heterocycles. The van der Waals surface area contributed by atoms with E-state index >= 15 is 0 Å². The van der Waals surface area contributed by atoms with Crippen LogP contribution < -0.4 is 10.9 Å². The van der Waals surface area contributed by atoms with Crippen LogP contribution in [-0.2, 0) is 11.3 Å². The standard InChI is InChI=1S/C23H27N3O2S/c1-15-10-12-17(13-11-15)14-26-21(28)18-8-6-7-9-19(18)24-22(26)29-16(2)20(27)25-23(3,4)5/h6-13,16H,14H2,1-5H3,(H,25,27)/t16-/m0/s1. The molecule has 0 unspecified atom stereocenters. The monoisotopic (exact) mass is 409 g/mol. The van der Waals surface area contributed by atoms with Gasteiger partial charge in [0.15, 0.2) is 5.16 Å². The van der Waals surface area contributed by atoms with Crippen LogP contribution in [-0.4, -0.2) is 26.2 Å². The number of aryl methyl sites for hydroxylation is 1. The molecule has 5 nitrogen and oxygen atoms in total. The fourth-order valence-corrected chi connectivity index (χ4v) is 3.84. The Balaban J connectivity index is 2.01. The van der Waals surface area contributed by atoms with E-state index in [0.717, 1.165) is 5.56 Å². The maximum absolute atomic E-state index is 13.2. The van der Waals surface area contributed by atoms with Crippen molar-refractivity contribution in [3.8, 4) is 0 Å². The number of nitrogens with zero attached hydrogens (tertiary/aromatic N) is 2. The van der Waals surface area contributed by atoms with Crippen molar-refractivity contribution in [2.45, 2.75) is 57.1 Å². The van der Waals surface area contributed by atoms with Crippen molar-refractivity contribution >= 4 is 28.6 Å². The van der Waals surface area contributed by atoms with Crippen molar-refractivity contribution < 1.29 is 4.79 Å². The lowest BCUT2D eigenvalue weighted by Crippen LogP contribution is -2.44. The lowest BCUT2D eigenvalue weighted by atomic mass is 10.1. The Kier molecular flexibility index (Phi) is 6.13. The van der Waals surface area contributed by atoms with E-state index in [1.165, 1.54) is 17.3 Å². The highest BCUT2D eigenvalue weighted by Gasteiger charge is 2.23. The molecule has 0 spiro atoms. The second-order valence-electron chi connectivity index (χ2n) is 8.29. The van der Waals surface area contributed by atoms with Crippen molar-refractivity contribution in [1.82, 2.24) is 14.9 Å². The van der Waals surface area contributed by atoms with Gasteiger partial charge in [-0.3, -0.25) is 14.2 Å². The molecule has 0 aliphatic carbocycles. The maximum atomic E-state index is 13.2. The van der Waals surface area contributed by atoms with Gasteiger partial charge in [-0.25, -0.2) is 4.98 Å². The van der Waals surface area contributed by atoms with Gasteiger partial charge in [0.2, 0.25) is 5.91 Å². The minimum atomic E-state index is -0.383. The fraction of sp³-hybridized carbons (Fsp3) is 0.348. The molecule has 0 aliphatic rings. The number of para-hydroxylation sites is 1. The van der Waals surface area contributed by atoms with E-state index in [1.807, 2.05) is 77.1 Å². The molecule has 0 fully saturated rings. The number of aromatic nitrogens is 2. The second kappa shape index (κ2) is 8.41. The number of thioether (sulfide) groups is 1. The zero-order chi connectivity index (χ0) is 21.2. The Hall–Kier alpha value is -2.60. The van der Waals surface area contributed by atoms with E-state index in [1.54, 1.807) is 10.6 Å². The first-order valence-electron chi connectivity index (χ1n) is 9.68. The van der Waals surface area contributed by atoms with Crippen LogP contribution in [0.3, 0.4) is 0 Å². The lowest BCUT2D eigenvalue weighted by Gasteiger charge is -2.23. The molecular formula is C23H27N3O2S. The first-order valence-corrected chi connectivity index (χ1v) is 10.6. The first-order chi connectivity index (χ1) is 13.6. The molecule has 1 amide bonds. The van der Waals surface area contributed by atoms with Gasteiger partial charge in [0.1, 0.15) is 0 Å². The summed E-state index contributed by atoms with van der Waals surface area (Å²) in [5.74, 6) is -0.0770. The number of hydrogen-bond donors (Lipinski definition) is 1. The van der Waals surface area contributed by atoms with Crippen LogP contribution in [0.1, 0.15) is 38.8 Å². The summed E-state index contributed by atoms with van der Waals surface area (Å²) in [7, 11) is 0. The zero-order valence-electron chi connectivity index (χ0n) is 17.5. The summed E-state index contributed by atoms with van der Waals surface area (Å²) in [5, 5.41) is 3.74.